The van der Waals surface area contributed by atoms with Crippen LogP contribution >= 0.6 is 0 Å². The van der Waals surface area contributed by atoms with Crippen LogP contribution in [-0.2, 0) is 36.9 Å². The van der Waals surface area contributed by atoms with Gasteiger partial charge in [0.2, 0.25) is 0 Å². The highest BCUT2D eigenvalue weighted by atomic mass is 16.8. The highest BCUT2D eigenvalue weighted by molar-refractivity contribution is 5.15. The molecule has 0 aliphatic carbocycles. The van der Waals surface area contributed by atoms with Crippen molar-refractivity contribution in [3.05, 3.63) is 71.8 Å². The average Bonchev–Trinajstić information content (AvgIpc) is 3.17. The van der Waals surface area contributed by atoms with Gasteiger partial charge < -0.3 is 28.8 Å². The number of hydrogen-bond donors (Lipinski definition) is 1. The van der Waals surface area contributed by atoms with Gasteiger partial charge in [0.25, 0.3) is 0 Å². The number of ether oxygens (including phenoxy) is 5. The quantitative estimate of drug-likeness (QED) is 0.735. The van der Waals surface area contributed by atoms with Gasteiger partial charge in [-0.15, -0.1) is 0 Å². The van der Waals surface area contributed by atoms with Gasteiger partial charge in [0.05, 0.1) is 26.4 Å². The molecule has 29 heavy (non-hydrogen) atoms. The van der Waals surface area contributed by atoms with Crippen molar-refractivity contribution in [3.8, 4) is 0 Å². The van der Waals surface area contributed by atoms with Crippen molar-refractivity contribution in [2.24, 2.45) is 0 Å². The molecule has 2 saturated heterocycles. The first kappa shape index (κ1) is 20.5. The number of hydrogen-bond acceptors (Lipinski definition) is 6. The van der Waals surface area contributed by atoms with Gasteiger partial charge in [-0.2, -0.15) is 0 Å². The third-order valence-corrected chi connectivity index (χ3v) is 5.25. The molecule has 4 atom stereocenters. The fraction of sp³-hybridized carbons (Fsp3) is 0.478. The van der Waals surface area contributed by atoms with Crippen LogP contribution in [0.5, 0.6) is 0 Å². The first-order valence-electron chi connectivity index (χ1n) is 9.93. The number of aliphatic hydroxyl groups excluding tert-OH is 1. The molecule has 1 N–H and O–H groups in total. The normalized spacial score (nSPS) is 30.4. The summed E-state index contributed by atoms with van der Waals surface area (Å²) in [5.41, 5.74) is 1.02. The van der Waals surface area contributed by atoms with Gasteiger partial charge in [-0.05, 0) is 25.0 Å². The molecule has 0 unspecified atom stereocenters. The Kier molecular flexibility index (Phi) is 6.01. The predicted molar refractivity (Wildman–Crippen MR) is 106 cm³/mol. The van der Waals surface area contributed by atoms with Crippen molar-refractivity contribution >= 4 is 0 Å². The molecule has 2 heterocycles. The maximum atomic E-state index is 10.3. The summed E-state index contributed by atoms with van der Waals surface area (Å²) in [6, 6.07) is 19.8. The fourth-order valence-corrected chi connectivity index (χ4v) is 3.86. The minimum atomic E-state index is -1.06. The minimum absolute atomic E-state index is 0.165. The molecule has 6 nitrogen and oxygen atoms in total. The summed E-state index contributed by atoms with van der Waals surface area (Å²) in [5, 5.41) is 10.3. The third kappa shape index (κ3) is 4.53. The lowest BCUT2D eigenvalue weighted by atomic mass is 9.96. The van der Waals surface area contributed by atoms with Crippen molar-refractivity contribution in [1.29, 1.82) is 0 Å². The van der Waals surface area contributed by atoms with E-state index in [4.69, 9.17) is 23.7 Å². The van der Waals surface area contributed by atoms with Crippen LogP contribution in [0, 0.1) is 0 Å². The van der Waals surface area contributed by atoms with Crippen molar-refractivity contribution < 1.29 is 28.8 Å². The standard InChI is InChI=1S/C23H28O6/c1-22(2)27-19-20(26-14-18-11-7-4-8-12-18)23(15-24,29-21(19)28-22)16-25-13-17-9-5-3-6-10-17/h3-12,19-21,24H,13-16H2,1-2H3/t19-,20-,21+,23+/m0/s1. The van der Waals surface area contributed by atoms with E-state index in [2.05, 4.69) is 0 Å². The molecule has 0 bridgehead atoms. The van der Waals surface area contributed by atoms with E-state index in [1.54, 1.807) is 0 Å². The van der Waals surface area contributed by atoms with Crippen LogP contribution in [0.3, 0.4) is 0 Å². The lowest BCUT2D eigenvalue weighted by molar-refractivity contribution is -0.261. The number of fused-ring (bicyclic) bond motifs is 1. The molecule has 0 amide bonds. The molecule has 0 spiro atoms. The van der Waals surface area contributed by atoms with E-state index in [1.165, 1.54) is 0 Å². The van der Waals surface area contributed by atoms with E-state index in [0.717, 1.165) is 11.1 Å². The van der Waals surface area contributed by atoms with Crippen LogP contribution in [0.25, 0.3) is 0 Å². The second kappa shape index (κ2) is 8.52. The van der Waals surface area contributed by atoms with Gasteiger partial charge in [-0.1, -0.05) is 60.7 Å². The van der Waals surface area contributed by atoms with Crippen LogP contribution < -0.4 is 0 Å². The van der Waals surface area contributed by atoms with Crippen LogP contribution in [0.1, 0.15) is 25.0 Å². The van der Waals surface area contributed by atoms with E-state index < -0.39 is 29.9 Å². The van der Waals surface area contributed by atoms with E-state index >= 15 is 0 Å². The fourth-order valence-electron chi connectivity index (χ4n) is 3.86. The van der Waals surface area contributed by atoms with Gasteiger partial charge in [-0.25, -0.2) is 0 Å². The Hall–Kier alpha value is -1.80. The summed E-state index contributed by atoms with van der Waals surface area (Å²) in [6.07, 6.45) is -1.59. The van der Waals surface area contributed by atoms with Crippen LogP contribution in [0.2, 0.25) is 0 Å². The molecule has 2 aromatic carbocycles. The van der Waals surface area contributed by atoms with Crippen molar-refractivity contribution in [2.45, 2.75) is 56.9 Å². The number of aliphatic hydroxyl groups is 1. The molecular formula is C23H28O6. The summed E-state index contributed by atoms with van der Waals surface area (Å²) >= 11 is 0. The van der Waals surface area contributed by atoms with Gasteiger partial charge in [0, 0.05) is 0 Å². The van der Waals surface area contributed by atoms with Crippen molar-refractivity contribution in [1.82, 2.24) is 0 Å². The molecule has 6 heteroatoms. The zero-order valence-corrected chi connectivity index (χ0v) is 16.8. The molecule has 4 rings (SSSR count). The van der Waals surface area contributed by atoms with Gasteiger partial charge in [0.1, 0.15) is 17.8 Å². The molecule has 2 aliphatic rings. The molecule has 0 saturated carbocycles. The summed E-state index contributed by atoms with van der Waals surface area (Å²) in [4.78, 5) is 0. The Labute approximate surface area is 171 Å². The topological polar surface area (TPSA) is 66.4 Å². The third-order valence-electron chi connectivity index (χ3n) is 5.25. The number of rotatable bonds is 8. The number of benzene rings is 2. The molecule has 0 aromatic heterocycles. The molecule has 0 radical (unpaired) electrons. The minimum Gasteiger partial charge on any atom is -0.393 e. The molecular weight excluding hydrogens is 372 g/mol. The Morgan fingerprint density at radius 1 is 0.862 bits per heavy atom. The molecule has 2 fully saturated rings. The SMILES string of the molecule is CC1(C)O[C@@H]2O[C@](CO)(COCc3ccccc3)[C@@H](OCc3ccccc3)[C@@H]2O1. The van der Waals surface area contributed by atoms with Crippen molar-refractivity contribution in [2.75, 3.05) is 13.2 Å². The first-order valence-corrected chi connectivity index (χ1v) is 9.93. The summed E-state index contributed by atoms with van der Waals surface area (Å²) in [6.45, 7) is 4.38. The zero-order chi connectivity index (χ0) is 20.3. The first-order chi connectivity index (χ1) is 14.0. The Bertz CT molecular complexity index is 780. The largest absolute Gasteiger partial charge is 0.393 e. The van der Waals surface area contributed by atoms with E-state index in [1.807, 2.05) is 74.5 Å². The molecule has 156 valence electrons. The van der Waals surface area contributed by atoms with Gasteiger partial charge in [-0.3, -0.25) is 0 Å². The van der Waals surface area contributed by atoms with Crippen molar-refractivity contribution in [3.63, 3.8) is 0 Å². The monoisotopic (exact) mass is 400 g/mol. The highest BCUT2D eigenvalue weighted by Crippen LogP contribution is 2.44. The smallest absolute Gasteiger partial charge is 0.190 e. The molecule has 2 aromatic rings. The summed E-state index contributed by atoms with van der Waals surface area (Å²) in [7, 11) is 0. The second-order valence-corrected chi connectivity index (χ2v) is 8.00. The van der Waals surface area contributed by atoms with E-state index in [-0.39, 0.29) is 13.2 Å². The Morgan fingerprint density at radius 3 is 2.10 bits per heavy atom. The Balaban J connectivity index is 1.48. The lowest BCUT2D eigenvalue weighted by Crippen LogP contribution is -2.52. The maximum Gasteiger partial charge on any atom is 0.190 e. The average molecular weight is 400 g/mol. The van der Waals surface area contributed by atoms with Gasteiger partial charge in [0.15, 0.2) is 12.1 Å². The lowest BCUT2D eigenvalue weighted by Gasteiger charge is -2.35. The summed E-state index contributed by atoms with van der Waals surface area (Å²) < 4.78 is 30.2. The maximum absolute atomic E-state index is 10.3. The van der Waals surface area contributed by atoms with Crippen LogP contribution in [0.4, 0.5) is 0 Å². The highest BCUT2D eigenvalue weighted by Gasteiger charge is 2.62. The molecule has 2 aliphatic heterocycles. The predicted octanol–water partition coefficient (Wildman–Crippen LogP) is 3.03. The second-order valence-electron chi connectivity index (χ2n) is 8.00. The van der Waals surface area contributed by atoms with Gasteiger partial charge >= 0.3 is 0 Å². The Morgan fingerprint density at radius 2 is 1.48 bits per heavy atom. The van der Waals surface area contributed by atoms with E-state index in [0.29, 0.717) is 13.2 Å². The zero-order valence-electron chi connectivity index (χ0n) is 16.8. The summed E-state index contributed by atoms with van der Waals surface area (Å²) in [5.74, 6) is -0.768. The van der Waals surface area contributed by atoms with Crippen LogP contribution in [-0.4, -0.2) is 48.2 Å². The van der Waals surface area contributed by atoms with Crippen LogP contribution in [0.15, 0.2) is 60.7 Å². The van der Waals surface area contributed by atoms with E-state index in [9.17, 15) is 5.11 Å².